The third-order valence-electron chi connectivity index (χ3n) is 1.49. The van der Waals surface area contributed by atoms with Gasteiger partial charge in [0.2, 0.25) is 0 Å². The maximum atomic E-state index is 12.9. The standard InChI is InChI=1S/C10H9F2N/c1-2-3-7-13-10-8(11)5-4-6-9(10)12/h4-6,13H,7H2,1H3. The summed E-state index contributed by atoms with van der Waals surface area (Å²) in [5.41, 5.74) is -0.120. The zero-order chi connectivity index (χ0) is 9.68. The molecule has 0 aliphatic carbocycles. The molecule has 0 spiro atoms. The summed E-state index contributed by atoms with van der Waals surface area (Å²) in [6, 6.07) is 3.72. The predicted octanol–water partition coefficient (Wildman–Crippen LogP) is 2.40. The fourth-order valence-corrected chi connectivity index (χ4v) is 0.888. The molecule has 1 aromatic rings. The molecule has 0 unspecified atom stereocenters. The number of nitrogens with one attached hydrogen (secondary N) is 1. The molecular formula is C10H9F2N. The van der Waals surface area contributed by atoms with Crippen LogP contribution in [0.15, 0.2) is 18.2 Å². The molecular weight excluding hydrogens is 172 g/mol. The number of hydrogen-bond donors (Lipinski definition) is 1. The fraction of sp³-hybridized carbons (Fsp3) is 0.200. The molecule has 0 saturated carbocycles. The average molecular weight is 181 g/mol. The van der Waals surface area contributed by atoms with Gasteiger partial charge in [-0.3, -0.25) is 0 Å². The Balaban J connectivity index is 2.79. The summed E-state index contributed by atoms with van der Waals surface area (Å²) in [5, 5.41) is 2.56. The van der Waals surface area contributed by atoms with Crippen molar-refractivity contribution in [1.29, 1.82) is 0 Å². The summed E-state index contributed by atoms with van der Waals surface area (Å²) in [6.07, 6.45) is 0. The second kappa shape index (κ2) is 4.46. The van der Waals surface area contributed by atoms with Crippen LogP contribution in [0.25, 0.3) is 0 Å². The van der Waals surface area contributed by atoms with Crippen molar-refractivity contribution >= 4 is 5.69 Å². The molecule has 1 aromatic carbocycles. The lowest BCUT2D eigenvalue weighted by molar-refractivity contribution is 0.589. The first-order valence-electron chi connectivity index (χ1n) is 3.83. The van der Waals surface area contributed by atoms with E-state index in [0.29, 0.717) is 0 Å². The van der Waals surface area contributed by atoms with Gasteiger partial charge in [-0.25, -0.2) is 8.78 Å². The Bertz CT molecular complexity index is 329. The minimum Gasteiger partial charge on any atom is -0.369 e. The van der Waals surface area contributed by atoms with E-state index in [2.05, 4.69) is 17.2 Å². The first kappa shape index (κ1) is 9.53. The van der Waals surface area contributed by atoms with Gasteiger partial charge < -0.3 is 5.32 Å². The summed E-state index contributed by atoms with van der Waals surface area (Å²) >= 11 is 0. The molecule has 0 fully saturated rings. The molecule has 1 N–H and O–H groups in total. The van der Waals surface area contributed by atoms with Crippen LogP contribution in [0.2, 0.25) is 0 Å². The molecule has 0 atom stereocenters. The zero-order valence-corrected chi connectivity index (χ0v) is 7.20. The summed E-state index contributed by atoms with van der Waals surface area (Å²) < 4.78 is 25.9. The number of anilines is 1. The fourth-order valence-electron chi connectivity index (χ4n) is 0.888. The Morgan fingerprint density at radius 3 is 2.46 bits per heavy atom. The summed E-state index contributed by atoms with van der Waals surface area (Å²) in [5.74, 6) is 4.08. The summed E-state index contributed by atoms with van der Waals surface area (Å²) in [6.45, 7) is 1.91. The molecule has 0 saturated heterocycles. The van der Waals surface area contributed by atoms with Crippen LogP contribution in [0, 0.1) is 23.5 Å². The van der Waals surface area contributed by atoms with Crippen molar-refractivity contribution in [2.24, 2.45) is 0 Å². The minimum absolute atomic E-state index is 0.120. The van der Waals surface area contributed by atoms with Gasteiger partial charge in [0, 0.05) is 0 Å². The normalized spacial score (nSPS) is 8.85. The van der Waals surface area contributed by atoms with E-state index < -0.39 is 11.6 Å². The lowest BCUT2D eigenvalue weighted by atomic mass is 10.3. The van der Waals surface area contributed by atoms with Crippen molar-refractivity contribution in [2.45, 2.75) is 6.92 Å². The third-order valence-corrected chi connectivity index (χ3v) is 1.49. The third kappa shape index (κ3) is 2.45. The number of rotatable bonds is 2. The van der Waals surface area contributed by atoms with E-state index in [4.69, 9.17) is 0 Å². The van der Waals surface area contributed by atoms with Crippen LogP contribution >= 0.6 is 0 Å². The van der Waals surface area contributed by atoms with Crippen molar-refractivity contribution in [1.82, 2.24) is 0 Å². The second-order valence-corrected chi connectivity index (χ2v) is 2.38. The highest BCUT2D eigenvalue weighted by Crippen LogP contribution is 2.17. The molecule has 0 aromatic heterocycles. The highest BCUT2D eigenvalue weighted by atomic mass is 19.1. The number of para-hydroxylation sites is 1. The van der Waals surface area contributed by atoms with Crippen LogP contribution in [0.1, 0.15) is 6.92 Å². The topological polar surface area (TPSA) is 12.0 Å². The predicted molar refractivity (Wildman–Crippen MR) is 48.3 cm³/mol. The van der Waals surface area contributed by atoms with E-state index in [9.17, 15) is 8.78 Å². The second-order valence-electron chi connectivity index (χ2n) is 2.38. The maximum Gasteiger partial charge on any atom is 0.149 e. The SMILES string of the molecule is CC#CCNc1c(F)cccc1F. The first-order chi connectivity index (χ1) is 6.25. The maximum absolute atomic E-state index is 12.9. The van der Waals surface area contributed by atoms with E-state index in [-0.39, 0.29) is 12.2 Å². The van der Waals surface area contributed by atoms with Gasteiger partial charge in [-0.1, -0.05) is 12.0 Å². The van der Waals surface area contributed by atoms with Gasteiger partial charge in [0.05, 0.1) is 6.54 Å². The average Bonchev–Trinajstić information content (AvgIpc) is 2.10. The van der Waals surface area contributed by atoms with Crippen molar-refractivity contribution in [3.8, 4) is 11.8 Å². The van der Waals surface area contributed by atoms with Gasteiger partial charge in [0.25, 0.3) is 0 Å². The van der Waals surface area contributed by atoms with E-state index in [1.165, 1.54) is 18.2 Å². The highest BCUT2D eigenvalue weighted by Gasteiger charge is 2.05. The Morgan fingerprint density at radius 1 is 1.31 bits per heavy atom. The number of halogens is 2. The smallest absolute Gasteiger partial charge is 0.149 e. The van der Waals surface area contributed by atoms with Crippen LogP contribution in [0.5, 0.6) is 0 Å². The zero-order valence-electron chi connectivity index (χ0n) is 7.20. The monoisotopic (exact) mass is 181 g/mol. The van der Waals surface area contributed by atoms with E-state index in [0.717, 1.165) is 0 Å². The molecule has 0 amide bonds. The largest absolute Gasteiger partial charge is 0.369 e. The van der Waals surface area contributed by atoms with Gasteiger partial charge in [-0.05, 0) is 19.1 Å². The quantitative estimate of drug-likeness (QED) is 0.691. The van der Waals surface area contributed by atoms with Crippen molar-refractivity contribution in [3.63, 3.8) is 0 Å². The molecule has 0 aliphatic heterocycles. The Morgan fingerprint density at radius 2 is 1.92 bits per heavy atom. The molecule has 0 aliphatic rings. The molecule has 13 heavy (non-hydrogen) atoms. The number of benzene rings is 1. The Labute approximate surface area is 75.8 Å². The van der Waals surface area contributed by atoms with E-state index in [1.807, 2.05) is 0 Å². The van der Waals surface area contributed by atoms with Crippen LogP contribution in [0.4, 0.5) is 14.5 Å². The van der Waals surface area contributed by atoms with Gasteiger partial charge in [-0.15, -0.1) is 5.92 Å². The Kier molecular flexibility index (Phi) is 3.27. The molecule has 3 heteroatoms. The van der Waals surface area contributed by atoms with Crippen molar-refractivity contribution < 1.29 is 8.78 Å². The van der Waals surface area contributed by atoms with Gasteiger partial charge >= 0.3 is 0 Å². The lowest BCUT2D eigenvalue weighted by Crippen LogP contribution is -2.03. The van der Waals surface area contributed by atoms with Gasteiger partial charge in [-0.2, -0.15) is 0 Å². The van der Waals surface area contributed by atoms with Crippen LogP contribution in [-0.4, -0.2) is 6.54 Å². The highest BCUT2D eigenvalue weighted by molar-refractivity contribution is 5.46. The Hall–Kier alpha value is -1.56. The molecule has 0 radical (unpaired) electrons. The van der Waals surface area contributed by atoms with Crippen LogP contribution in [-0.2, 0) is 0 Å². The van der Waals surface area contributed by atoms with Gasteiger partial charge in [0.15, 0.2) is 0 Å². The summed E-state index contributed by atoms with van der Waals surface area (Å²) in [4.78, 5) is 0. The summed E-state index contributed by atoms with van der Waals surface area (Å²) in [7, 11) is 0. The van der Waals surface area contributed by atoms with E-state index >= 15 is 0 Å². The molecule has 1 rings (SSSR count). The van der Waals surface area contributed by atoms with Crippen LogP contribution in [0.3, 0.4) is 0 Å². The minimum atomic E-state index is -0.599. The van der Waals surface area contributed by atoms with Crippen LogP contribution < -0.4 is 5.32 Å². The van der Waals surface area contributed by atoms with Gasteiger partial charge in [0.1, 0.15) is 17.3 Å². The number of hydrogen-bond acceptors (Lipinski definition) is 1. The van der Waals surface area contributed by atoms with E-state index in [1.54, 1.807) is 6.92 Å². The van der Waals surface area contributed by atoms with Crippen molar-refractivity contribution in [2.75, 3.05) is 11.9 Å². The lowest BCUT2D eigenvalue weighted by Gasteiger charge is -2.04. The molecule has 68 valence electrons. The molecule has 0 heterocycles. The molecule has 0 bridgehead atoms. The first-order valence-corrected chi connectivity index (χ1v) is 3.83. The van der Waals surface area contributed by atoms with Crippen molar-refractivity contribution in [3.05, 3.63) is 29.8 Å². The molecule has 1 nitrogen and oxygen atoms in total.